The molecule has 0 aliphatic carbocycles. The molecular formula is C23H28F2N2O4S. The highest BCUT2D eigenvalue weighted by Gasteiger charge is 2.40. The van der Waals surface area contributed by atoms with Crippen LogP contribution in [-0.2, 0) is 14.8 Å². The number of hydrogen-bond donors (Lipinski definition) is 1. The highest BCUT2D eigenvalue weighted by Crippen LogP contribution is 2.42. The van der Waals surface area contributed by atoms with Crippen LogP contribution in [0.2, 0.25) is 0 Å². The van der Waals surface area contributed by atoms with Crippen molar-refractivity contribution in [2.45, 2.75) is 57.7 Å². The van der Waals surface area contributed by atoms with Crippen LogP contribution in [0.3, 0.4) is 0 Å². The fraction of sp³-hybridized carbons (Fsp3) is 0.435. The first kappa shape index (κ1) is 24.0. The van der Waals surface area contributed by atoms with Crippen molar-refractivity contribution in [1.82, 2.24) is 5.32 Å². The number of ether oxygens (including phenoxy) is 1. The van der Waals surface area contributed by atoms with Gasteiger partial charge in [-0.1, -0.05) is 32.0 Å². The number of nitrogens with zero attached hydrogens (tertiary/aromatic N) is 1. The molecule has 2 aromatic carbocycles. The van der Waals surface area contributed by atoms with Crippen LogP contribution < -0.4 is 14.4 Å². The maximum absolute atomic E-state index is 13.8. The summed E-state index contributed by atoms with van der Waals surface area (Å²) in [7, 11) is -3.97. The van der Waals surface area contributed by atoms with Gasteiger partial charge in [0.25, 0.3) is 0 Å². The third-order valence-electron chi connectivity index (χ3n) is 6.05. The molecule has 0 saturated carbocycles. The Hall–Kier alpha value is -2.68. The minimum Gasteiger partial charge on any atom is -0.487 e. The Labute approximate surface area is 187 Å². The van der Waals surface area contributed by atoms with E-state index in [1.54, 1.807) is 0 Å². The van der Waals surface area contributed by atoms with Crippen molar-refractivity contribution in [2.24, 2.45) is 0 Å². The van der Waals surface area contributed by atoms with Crippen molar-refractivity contribution in [1.29, 1.82) is 0 Å². The van der Waals surface area contributed by atoms with Crippen molar-refractivity contribution in [2.75, 3.05) is 10.6 Å². The summed E-state index contributed by atoms with van der Waals surface area (Å²) in [4.78, 5) is 13.2. The lowest BCUT2D eigenvalue weighted by Gasteiger charge is -2.42. The van der Waals surface area contributed by atoms with Gasteiger partial charge in [-0.2, -0.15) is 0 Å². The quantitative estimate of drug-likeness (QED) is 0.660. The fourth-order valence-corrected chi connectivity index (χ4v) is 5.32. The maximum Gasteiger partial charge on any atom is 0.244 e. The SMILES string of the molecule is CCC1(CC)C[C@H](NC(=O)[C@H](C)N(c2ccc(F)c(F)c2)S(C)(=O)=O)c2ccccc2O1. The van der Waals surface area contributed by atoms with Crippen LogP contribution >= 0.6 is 0 Å². The molecule has 0 unspecified atom stereocenters. The largest absolute Gasteiger partial charge is 0.487 e. The van der Waals surface area contributed by atoms with Crippen LogP contribution in [0.15, 0.2) is 42.5 Å². The smallest absolute Gasteiger partial charge is 0.244 e. The number of nitrogens with one attached hydrogen (secondary N) is 1. The zero-order chi connectivity index (χ0) is 23.7. The van der Waals surface area contributed by atoms with Crippen molar-refractivity contribution in [3.05, 3.63) is 59.7 Å². The molecule has 1 aliphatic rings. The molecule has 0 aromatic heterocycles. The van der Waals surface area contributed by atoms with Crippen molar-refractivity contribution in [3.8, 4) is 5.75 Å². The van der Waals surface area contributed by atoms with Gasteiger partial charge in [0.2, 0.25) is 15.9 Å². The van der Waals surface area contributed by atoms with E-state index in [0.717, 1.165) is 47.2 Å². The number of amides is 1. The van der Waals surface area contributed by atoms with Gasteiger partial charge in [-0.05, 0) is 38.0 Å². The number of hydrogen-bond acceptors (Lipinski definition) is 4. The van der Waals surface area contributed by atoms with Gasteiger partial charge < -0.3 is 10.1 Å². The Balaban J connectivity index is 1.92. The zero-order valence-corrected chi connectivity index (χ0v) is 19.4. The summed E-state index contributed by atoms with van der Waals surface area (Å²) in [6.45, 7) is 5.45. The Morgan fingerprint density at radius 3 is 2.44 bits per heavy atom. The summed E-state index contributed by atoms with van der Waals surface area (Å²) < 4.78 is 59.1. The van der Waals surface area contributed by atoms with Crippen LogP contribution in [0, 0.1) is 11.6 Å². The van der Waals surface area contributed by atoms with Crippen LogP contribution in [0.1, 0.15) is 51.6 Å². The van der Waals surface area contributed by atoms with E-state index >= 15 is 0 Å². The molecule has 0 radical (unpaired) electrons. The van der Waals surface area contributed by atoms with Crippen LogP contribution in [0.4, 0.5) is 14.5 Å². The number of anilines is 1. The normalized spacial score (nSPS) is 18.2. The lowest BCUT2D eigenvalue weighted by Crippen LogP contribution is -2.51. The summed E-state index contributed by atoms with van der Waals surface area (Å²) in [6, 6.07) is 8.57. The molecule has 174 valence electrons. The monoisotopic (exact) mass is 466 g/mol. The van der Waals surface area contributed by atoms with Crippen molar-refractivity contribution >= 4 is 21.6 Å². The molecule has 3 rings (SSSR count). The summed E-state index contributed by atoms with van der Waals surface area (Å²) in [6.07, 6.45) is 2.93. The Kier molecular flexibility index (Phi) is 6.78. The van der Waals surface area contributed by atoms with E-state index in [0.29, 0.717) is 12.2 Å². The molecule has 2 aromatic rings. The number of para-hydroxylation sites is 1. The van der Waals surface area contributed by atoms with Crippen LogP contribution in [0.25, 0.3) is 0 Å². The van der Waals surface area contributed by atoms with Gasteiger partial charge in [-0.15, -0.1) is 0 Å². The predicted molar refractivity (Wildman–Crippen MR) is 119 cm³/mol. The van der Waals surface area contributed by atoms with Crippen LogP contribution in [-0.4, -0.2) is 32.2 Å². The first-order valence-corrected chi connectivity index (χ1v) is 12.4. The number of rotatable bonds is 7. The van der Waals surface area contributed by atoms with Crippen molar-refractivity contribution < 1.29 is 26.7 Å². The lowest BCUT2D eigenvalue weighted by molar-refractivity contribution is -0.123. The van der Waals surface area contributed by atoms with Gasteiger partial charge in [-0.25, -0.2) is 17.2 Å². The average molecular weight is 467 g/mol. The Morgan fingerprint density at radius 2 is 1.84 bits per heavy atom. The fourth-order valence-electron chi connectivity index (χ4n) is 4.15. The second-order valence-electron chi connectivity index (χ2n) is 8.13. The minimum atomic E-state index is -3.97. The summed E-state index contributed by atoms with van der Waals surface area (Å²) in [5.74, 6) is -2.17. The second kappa shape index (κ2) is 9.05. The van der Waals surface area contributed by atoms with E-state index in [9.17, 15) is 22.0 Å². The van der Waals surface area contributed by atoms with E-state index in [1.165, 1.54) is 6.92 Å². The number of carbonyl (C=O) groups is 1. The molecule has 1 heterocycles. The van der Waals surface area contributed by atoms with E-state index in [2.05, 4.69) is 5.32 Å². The standard InChI is InChI=1S/C23H28F2N2O4S/c1-5-23(6-2)14-20(17-9-7-8-10-21(17)31-23)26-22(28)15(3)27(32(4,29)30)16-11-12-18(24)19(25)13-16/h7-13,15,20H,5-6,14H2,1-4H3,(H,26,28)/t15-,20-/m0/s1. The molecule has 1 amide bonds. The first-order valence-electron chi connectivity index (χ1n) is 10.5. The number of carbonyl (C=O) groups excluding carboxylic acids is 1. The minimum absolute atomic E-state index is 0.127. The summed E-state index contributed by atoms with van der Waals surface area (Å²) >= 11 is 0. The molecule has 0 bridgehead atoms. The number of sulfonamides is 1. The van der Waals surface area contributed by atoms with Crippen LogP contribution in [0.5, 0.6) is 5.75 Å². The number of benzene rings is 2. The summed E-state index contributed by atoms with van der Waals surface area (Å²) in [5, 5.41) is 2.95. The van der Waals surface area contributed by atoms with Crippen molar-refractivity contribution in [3.63, 3.8) is 0 Å². The molecule has 0 fully saturated rings. The molecule has 1 aliphatic heterocycles. The molecule has 1 N–H and O–H groups in total. The van der Waals surface area contributed by atoms with E-state index < -0.39 is 39.2 Å². The molecule has 32 heavy (non-hydrogen) atoms. The highest BCUT2D eigenvalue weighted by atomic mass is 32.2. The number of fused-ring (bicyclic) bond motifs is 1. The Morgan fingerprint density at radius 1 is 1.19 bits per heavy atom. The lowest BCUT2D eigenvalue weighted by atomic mass is 9.83. The number of halogens is 2. The molecule has 6 nitrogen and oxygen atoms in total. The molecular weight excluding hydrogens is 438 g/mol. The third-order valence-corrected chi connectivity index (χ3v) is 7.29. The van der Waals surface area contributed by atoms with Gasteiger partial charge in [-0.3, -0.25) is 9.10 Å². The summed E-state index contributed by atoms with van der Waals surface area (Å²) in [5.41, 5.74) is 0.230. The zero-order valence-electron chi connectivity index (χ0n) is 18.6. The van der Waals surface area contributed by atoms with E-state index in [1.807, 2.05) is 38.1 Å². The molecule has 2 atom stereocenters. The first-order chi connectivity index (χ1) is 15.0. The average Bonchev–Trinajstić information content (AvgIpc) is 2.75. The molecule has 0 saturated heterocycles. The van der Waals surface area contributed by atoms with E-state index in [-0.39, 0.29) is 11.7 Å². The van der Waals surface area contributed by atoms with Gasteiger partial charge in [0.15, 0.2) is 11.6 Å². The van der Waals surface area contributed by atoms with Gasteiger partial charge >= 0.3 is 0 Å². The second-order valence-corrected chi connectivity index (χ2v) is 9.99. The topological polar surface area (TPSA) is 75.7 Å². The molecule has 9 heteroatoms. The van der Waals surface area contributed by atoms with E-state index in [4.69, 9.17) is 4.74 Å². The van der Waals surface area contributed by atoms with Gasteiger partial charge in [0.1, 0.15) is 17.4 Å². The predicted octanol–water partition coefficient (Wildman–Crippen LogP) is 4.32. The Bertz CT molecular complexity index is 1100. The highest BCUT2D eigenvalue weighted by molar-refractivity contribution is 7.92. The third kappa shape index (κ3) is 4.72. The molecule has 0 spiro atoms. The van der Waals surface area contributed by atoms with Gasteiger partial charge in [0, 0.05) is 18.1 Å². The maximum atomic E-state index is 13.8. The van der Waals surface area contributed by atoms with Gasteiger partial charge in [0.05, 0.1) is 18.0 Å².